The Morgan fingerprint density at radius 2 is 1.82 bits per heavy atom. The average molecular weight is 474 g/mol. The zero-order chi connectivity index (χ0) is 23.8. The summed E-state index contributed by atoms with van der Waals surface area (Å²) >= 11 is 6.15. The molecule has 2 fully saturated rings. The molecule has 174 valence electrons. The molecule has 6 rings (SSSR count). The summed E-state index contributed by atoms with van der Waals surface area (Å²) < 4.78 is 6.55. The Balaban J connectivity index is 0.000000351. The number of hydrogen-bond donors (Lipinski definition) is 1. The molecule has 2 aromatic carbocycles. The summed E-state index contributed by atoms with van der Waals surface area (Å²) in [5.41, 5.74) is 0.717. The molecule has 1 saturated carbocycles. The van der Waals surface area contributed by atoms with Crippen LogP contribution in [0, 0.1) is 11.3 Å². The summed E-state index contributed by atoms with van der Waals surface area (Å²) in [6.07, 6.45) is 5.65. The summed E-state index contributed by atoms with van der Waals surface area (Å²) in [4.78, 5) is 6.81. The first-order valence-electron chi connectivity index (χ1n) is 11.8. The van der Waals surface area contributed by atoms with Gasteiger partial charge in [-0.3, -0.25) is 4.98 Å². The van der Waals surface area contributed by atoms with E-state index in [1.807, 2.05) is 30.3 Å². The van der Waals surface area contributed by atoms with Crippen molar-refractivity contribution in [3.05, 3.63) is 94.3 Å². The third kappa shape index (κ3) is 3.67. The van der Waals surface area contributed by atoms with Crippen LogP contribution in [0.15, 0.2) is 66.9 Å². The van der Waals surface area contributed by atoms with E-state index in [4.69, 9.17) is 16.3 Å². The summed E-state index contributed by atoms with van der Waals surface area (Å²) in [7, 11) is 2.17. The fraction of sp³-hybridized carbons (Fsp3) is 0.357. The van der Waals surface area contributed by atoms with Gasteiger partial charge in [0.05, 0.1) is 16.7 Å². The van der Waals surface area contributed by atoms with Gasteiger partial charge in [0.25, 0.3) is 0 Å². The SMILES string of the molecule is CN1CCCC1.N#Cc1ccc(C23Oc4cc(Cl)cnc4C2(O)CCC3c2ccccc2)cc1. The number of likely N-dealkylation sites (tertiary alicyclic amines) is 1. The normalized spacial score (nSPS) is 27.2. The first-order valence-corrected chi connectivity index (χ1v) is 12.2. The van der Waals surface area contributed by atoms with E-state index < -0.39 is 11.2 Å². The largest absolute Gasteiger partial charge is 0.476 e. The van der Waals surface area contributed by atoms with Crippen molar-refractivity contribution >= 4 is 11.6 Å². The van der Waals surface area contributed by atoms with E-state index in [0.29, 0.717) is 28.5 Å². The lowest BCUT2D eigenvalue weighted by Gasteiger charge is -2.39. The van der Waals surface area contributed by atoms with Gasteiger partial charge in [0.1, 0.15) is 11.4 Å². The number of benzene rings is 2. The number of nitrogens with zero attached hydrogens (tertiary/aromatic N) is 3. The second-order valence-corrected chi connectivity index (χ2v) is 9.84. The fourth-order valence-corrected chi connectivity index (χ4v) is 5.86. The smallest absolute Gasteiger partial charge is 0.175 e. The summed E-state index contributed by atoms with van der Waals surface area (Å²) in [5, 5.41) is 21.6. The molecule has 1 aromatic heterocycles. The predicted octanol–water partition coefficient (Wildman–Crippen LogP) is 5.37. The number of fused-ring (bicyclic) bond motifs is 3. The van der Waals surface area contributed by atoms with Gasteiger partial charge < -0.3 is 14.7 Å². The van der Waals surface area contributed by atoms with Crippen molar-refractivity contribution in [2.75, 3.05) is 20.1 Å². The van der Waals surface area contributed by atoms with Crippen LogP contribution >= 0.6 is 11.6 Å². The average Bonchev–Trinajstić information content (AvgIpc) is 3.52. The first-order chi connectivity index (χ1) is 16.5. The van der Waals surface area contributed by atoms with Crippen molar-refractivity contribution in [2.45, 2.75) is 42.8 Å². The molecule has 34 heavy (non-hydrogen) atoms. The highest BCUT2D eigenvalue weighted by Gasteiger charge is 2.69. The molecule has 3 heterocycles. The van der Waals surface area contributed by atoms with Crippen molar-refractivity contribution in [3.8, 4) is 11.8 Å². The number of nitriles is 1. The monoisotopic (exact) mass is 473 g/mol. The van der Waals surface area contributed by atoms with Crippen LogP contribution in [0.1, 0.15) is 54.0 Å². The Bertz CT molecular complexity index is 1200. The highest BCUT2D eigenvalue weighted by Crippen LogP contribution is 2.66. The molecule has 5 nitrogen and oxygen atoms in total. The Morgan fingerprint density at radius 1 is 1.12 bits per heavy atom. The standard InChI is InChI=1S/C23H17ClN2O2.C5H11N/c24-18-12-20-21(26-14-18)22(27)11-10-19(16-4-2-1-3-5-16)23(22,28-20)17-8-6-15(13-25)7-9-17;1-6-4-2-3-5-6/h1-9,12,14,19,27H,10-11H2;2-5H2,1H3. The van der Waals surface area contributed by atoms with E-state index in [2.05, 4.69) is 35.1 Å². The van der Waals surface area contributed by atoms with Gasteiger partial charge in [0.2, 0.25) is 0 Å². The Hall–Kier alpha value is -2.91. The van der Waals surface area contributed by atoms with Crippen LogP contribution in [0.25, 0.3) is 0 Å². The zero-order valence-corrected chi connectivity index (χ0v) is 20.0. The van der Waals surface area contributed by atoms with Gasteiger partial charge in [-0.2, -0.15) is 5.26 Å². The second-order valence-electron chi connectivity index (χ2n) is 9.40. The van der Waals surface area contributed by atoms with Crippen LogP contribution in [0.5, 0.6) is 5.75 Å². The Kier molecular flexibility index (Phi) is 6.07. The quantitative estimate of drug-likeness (QED) is 0.541. The van der Waals surface area contributed by atoms with Crippen molar-refractivity contribution in [1.82, 2.24) is 9.88 Å². The van der Waals surface area contributed by atoms with Gasteiger partial charge in [-0.15, -0.1) is 0 Å². The van der Waals surface area contributed by atoms with Gasteiger partial charge in [0, 0.05) is 18.2 Å². The molecular weight excluding hydrogens is 446 g/mol. The molecule has 3 unspecified atom stereocenters. The van der Waals surface area contributed by atoms with Gasteiger partial charge in [-0.1, -0.05) is 54.1 Å². The maximum atomic E-state index is 11.9. The number of pyridine rings is 1. The number of hydrogen-bond acceptors (Lipinski definition) is 5. The van der Waals surface area contributed by atoms with Crippen LogP contribution in [0.4, 0.5) is 0 Å². The van der Waals surface area contributed by atoms with Gasteiger partial charge >= 0.3 is 0 Å². The van der Waals surface area contributed by atoms with Crippen LogP contribution in [-0.4, -0.2) is 35.1 Å². The fourth-order valence-electron chi connectivity index (χ4n) is 5.72. The number of halogens is 1. The third-order valence-corrected chi connectivity index (χ3v) is 7.56. The molecule has 2 aliphatic heterocycles. The van der Waals surface area contributed by atoms with Crippen molar-refractivity contribution < 1.29 is 9.84 Å². The number of aliphatic hydroxyl groups is 1. The van der Waals surface area contributed by atoms with Crippen molar-refractivity contribution in [1.29, 1.82) is 5.26 Å². The molecule has 3 atom stereocenters. The van der Waals surface area contributed by atoms with Crippen molar-refractivity contribution in [2.24, 2.45) is 0 Å². The minimum Gasteiger partial charge on any atom is -0.476 e. The zero-order valence-electron chi connectivity index (χ0n) is 19.2. The molecule has 0 bridgehead atoms. The van der Waals surface area contributed by atoms with Crippen LogP contribution in [0.2, 0.25) is 5.02 Å². The first kappa shape index (κ1) is 22.9. The number of ether oxygens (including phenoxy) is 1. The summed E-state index contributed by atoms with van der Waals surface area (Å²) in [5.74, 6) is 0.444. The second kappa shape index (κ2) is 9.03. The molecule has 1 N–H and O–H groups in total. The highest BCUT2D eigenvalue weighted by atomic mass is 35.5. The van der Waals surface area contributed by atoms with Gasteiger partial charge in [0.15, 0.2) is 11.2 Å². The molecule has 3 aliphatic rings. The van der Waals surface area contributed by atoms with Crippen LogP contribution < -0.4 is 4.74 Å². The molecular formula is C28H28ClN3O2. The molecule has 6 heteroatoms. The van der Waals surface area contributed by atoms with Crippen LogP contribution in [-0.2, 0) is 11.2 Å². The van der Waals surface area contributed by atoms with Gasteiger partial charge in [-0.25, -0.2) is 0 Å². The van der Waals surface area contributed by atoms with Gasteiger partial charge in [-0.05, 0) is 69.1 Å². The van der Waals surface area contributed by atoms with Crippen LogP contribution in [0.3, 0.4) is 0 Å². The maximum absolute atomic E-state index is 11.9. The highest BCUT2D eigenvalue weighted by molar-refractivity contribution is 6.30. The molecule has 1 aliphatic carbocycles. The minimum absolute atomic E-state index is 0.0698. The van der Waals surface area contributed by atoms with E-state index in [-0.39, 0.29) is 5.92 Å². The van der Waals surface area contributed by atoms with E-state index >= 15 is 0 Å². The Morgan fingerprint density at radius 3 is 2.44 bits per heavy atom. The molecule has 0 amide bonds. The van der Waals surface area contributed by atoms with E-state index in [1.165, 1.54) is 25.9 Å². The molecule has 3 aromatic rings. The summed E-state index contributed by atoms with van der Waals surface area (Å²) in [6, 6.07) is 21.2. The van der Waals surface area contributed by atoms with Crippen molar-refractivity contribution in [3.63, 3.8) is 0 Å². The third-order valence-electron chi connectivity index (χ3n) is 7.36. The topological polar surface area (TPSA) is 69.4 Å². The molecule has 0 spiro atoms. The lowest BCUT2D eigenvalue weighted by molar-refractivity contribution is -0.107. The minimum atomic E-state index is -1.28. The lowest BCUT2D eigenvalue weighted by atomic mass is 9.72. The predicted molar refractivity (Wildman–Crippen MR) is 132 cm³/mol. The molecule has 0 radical (unpaired) electrons. The van der Waals surface area contributed by atoms with E-state index in [1.54, 1.807) is 24.4 Å². The maximum Gasteiger partial charge on any atom is 0.175 e. The lowest BCUT2D eigenvalue weighted by Crippen LogP contribution is -2.48. The number of aromatic nitrogens is 1. The molecule has 1 saturated heterocycles. The Labute approximate surface area is 205 Å². The number of rotatable bonds is 2. The summed E-state index contributed by atoms with van der Waals surface area (Å²) in [6.45, 7) is 2.64. The van der Waals surface area contributed by atoms with E-state index in [9.17, 15) is 10.4 Å². The van der Waals surface area contributed by atoms with E-state index in [0.717, 1.165) is 17.5 Å².